The number of carbonyl (C=O) groups excluding carboxylic acids is 2. The van der Waals surface area contributed by atoms with Crippen molar-refractivity contribution in [1.82, 2.24) is 20.6 Å². The van der Waals surface area contributed by atoms with Gasteiger partial charge in [-0.15, -0.1) is 0 Å². The number of carbonyl (C=O) groups is 2. The van der Waals surface area contributed by atoms with Crippen molar-refractivity contribution >= 4 is 35.2 Å². The van der Waals surface area contributed by atoms with E-state index in [1.807, 2.05) is 58.6 Å². The number of nitrogen functional groups attached to an aromatic ring is 1. The molecule has 242 valence electrons. The molecule has 0 aromatic carbocycles. The van der Waals surface area contributed by atoms with E-state index in [4.69, 9.17) is 15.2 Å². The minimum absolute atomic E-state index is 0.00358. The summed E-state index contributed by atoms with van der Waals surface area (Å²) in [5.41, 5.74) is 5.65. The topological polar surface area (TPSA) is 178 Å². The van der Waals surface area contributed by atoms with Crippen molar-refractivity contribution in [1.29, 1.82) is 0 Å². The largest absolute Gasteiger partial charge is 0.444 e. The summed E-state index contributed by atoms with van der Waals surface area (Å²) in [6.45, 7) is 13.9. The van der Waals surface area contributed by atoms with Crippen LogP contribution in [0, 0.1) is 10.1 Å². The van der Waals surface area contributed by atoms with Crippen molar-refractivity contribution in [2.75, 3.05) is 41.7 Å². The van der Waals surface area contributed by atoms with Crippen LogP contribution in [0.15, 0.2) is 36.7 Å². The van der Waals surface area contributed by atoms with E-state index >= 15 is 0 Å². The molecule has 0 atom stereocenters. The Morgan fingerprint density at radius 1 is 0.818 bits per heavy atom. The van der Waals surface area contributed by atoms with Crippen LogP contribution in [0.3, 0.4) is 0 Å². The summed E-state index contributed by atoms with van der Waals surface area (Å²) in [7, 11) is 0. The summed E-state index contributed by atoms with van der Waals surface area (Å²) in [5.74, 6) is 1.21. The minimum atomic E-state index is -0.528. The maximum absolute atomic E-state index is 11.8. The predicted octanol–water partition coefficient (Wildman–Crippen LogP) is 4.64. The first-order chi connectivity index (χ1) is 20.6. The summed E-state index contributed by atoms with van der Waals surface area (Å²) in [4.78, 5) is 46.7. The molecule has 44 heavy (non-hydrogen) atoms. The Labute approximate surface area is 258 Å². The number of nitrogens with zero attached hydrogens (tertiary/aromatic N) is 5. The molecule has 14 nitrogen and oxygen atoms in total. The molecule has 2 aromatic rings. The number of rotatable bonds is 5. The van der Waals surface area contributed by atoms with Crippen molar-refractivity contribution in [3.63, 3.8) is 0 Å². The Morgan fingerprint density at radius 2 is 1.23 bits per heavy atom. The highest BCUT2D eigenvalue weighted by Gasteiger charge is 2.28. The van der Waals surface area contributed by atoms with Gasteiger partial charge in [-0.2, -0.15) is 0 Å². The van der Waals surface area contributed by atoms with Gasteiger partial charge in [-0.1, -0.05) is 0 Å². The van der Waals surface area contributed by atoms with Crippen LogP contribution in [0.4, 0.5) is 32.6 Å². The molecule has 0 unspecified atom stereocenters. The van der Waals surface area contributed by atoms with Gasteiger partial charge in [-0.3, -0.25) is 10.1 Å². The number of aromatic nitrogens is 2. The van der Waals surface area contributed by atoms with Gasteiger partial charge in [0.25, 0.3) is 0 Å². The van der Waals surface area contributed by atoms with Crippen molar-refractivity contribution in [2.45, 2.75) is 90.5 Å². The van der Waals surface area contributed by atoms with Crippen molar-refractivity contribution in [2.24, 2.45) is 0 Å². The second-order valence-corrected chi connectivity index (χ2v) is 12.8. The molecule has 2 amide bonds. The number of pyridine rings is 2. The van der Waals surface area contributed by atoms with E-state index in [2.05, 4.69) is 25.5 Å². The first kappa shape index (κ1) is 34.1. The summed E-state index contributed by atoms with van der Waals surface area (Å²) in [6, 6.07) is 6.83. The molecule has 0 bridgehead atoms. The highest BCUT2D eigenvalue weighted by Crippen LogP contribution is 2.27. The van der Waals surface area contributed by atoms with Gasteiger partial charge in [-0.25, -0.2) is 19.6 Å². The highest BCUT2D eigenvalue weighted by atomic mass is 16.6. The van der Waals surface area contributed by atoms with Crippen LogP contribution in [0.5, 0.6) is 0 Å². The Bertz CT molecular complexity index is 1260. The highest BCUT2D eigenvalue weighted by molar-refractivity contribution is 5.69. The molecule has 4 N–H and O–H groups in total. The summed E-state index contributed by atoms with van der Waals surface area (Å²) in [6.07, 6.45) is 5.60. The molecular formula is C30H46N8O6. The Balaban J connectivity index is 0.000000241. The first-order valence-corrected chi connectivity index (χ1v) is 14.9. The van der Waals surface area contributed by atoms with Gasteiger partial charge in [0, 0.05) is 56.7 Å². The van der Waals surface area contributed by atoms with Gasteiger partial charge in [0.1, 0.15) is 11.2 Å². The van der Waals surface area contributed by atoms with E-state index in [-0.39, 0.29) is 23.9 Å². The molecule has 2 aliphatic heterocycles. The molecule has 2 aromatic heterocycles. The second-order valence-electron chi connectivity index (χ2n) is 12.8. The third kappa shape index (κ3) is 11.0. The van der Waals surface area contributed by atoms with Crippen LogP contribution in [0.2, 0.25) is 0 Å². The number of nitrogens with one attached hydrogen (secondary N) is 2. The van der Waals surface area contributed by atoms with E-state index in [1.54, 1.807) is 18.5 Å². The fraction of sp³-hybridized carbons (Fsp3) is 0.600. The zero-order valence-electron chi connectivity index (χ0n) is 26.5. The maximum Gasteiger partial charge on any atom is 0.407 e. The third-order valence-corrected chi connectivity index (χ3v) is 6.81. The first-order valence-electron chi connectivity index (χ1n) is 14.9. The smallest absolute Gasteiger partial charge is 0.407 e. The van der Waals surface area contributed by atoms with Gasteiger partial charge < -0.3 is 35.6 Å². The average Bonchev–Trinajstić information content (AvgIpc) is 2.92. The van der Waals surface area contributed by atoms with Gasteiger partial charge in [0.2, 0.25) is 5.82 Å². The van der Waals surface area contributed by atoms with E-state index in [1.165, 1.54) is 6.07 Å². The molecule has 2 aliphatic rings. The number of nitrogens with two attached hydrogens (primary N) is 1. The molecule has 0 saturated carbocycles. The average molecular weight is 615 g/mol. The zero-order valence-corrected chi connectivity index (χ0v) is 26.5. The molecule has 4 rings (SSSR count). The zero-order chi connectivity index (χ0) is 32.5. The van der Waals surface area contributed by atoms with Gasteiger partial charge >= 0.3 is 17.9 Å². The monoisotopic (exact) mass is 614 g/mol. The molecule has 0 aliphatic carbocycles. The maximum atomic E-state index is 11.8. The van der Waals surface area contributed by atoms with E-state index in [9.17, 15) is 19.7 Å². The molecule has 2 saturated heterocycles. The number of nitro groups is 1. The van der Waals surface area contributed by atoms with Crippen LogP contribution in [0.25, 0.3) is 0 Å². The Hall–Kier alpha value is -4.36. The minimum Gasteiger partial charge on any atom is -0.444 e. The van der Waals surface area contributed by atoms with Crippen molar-refractivity contribution in [3.8, 4) is 0 Å². The normalized spacial score (nSPS) is 16.3. The summed E-state index contributed by atoms with van der Waals surface area (Å²) in [5, 5.41) is 16.8. The van der Waals surface area contributed by atoms with Gasteiger partial charge in [0.05, 0.1) is 10.6 Å². The molecule has 2 fully saturated rings. The number of ether oxygens (including phenoxy) is 2. The summed E-state index contributed by atoms with van der Waals surface area (Å²) < 4.78 is 10.5. The van der Waals surface area contributed by atoms with Gasteiger partial charge in [-0.05, 0) is 85.4 Å². The van der Waals surface area contributed by atoms with Crippen LogP contribution in [0.1, 0.15) is 67.2 Å². The van der Waals surface area contributed by atoms with Crippen LogP contribution < -0.4 is 26.2 Å². The van der Waals surface area contributed by atoms with Crippen molar-refractivity contribution in [3.05, 3.63) is 46.8 Å². The Kier molecular flexibility index (Phi) is 11.5. The Morgan fingerprint density at radius 3 is 1.64 bits per heavy atom. The standard InChI is InChI=1S/C15H22N4O4.C15H24N4O2/c1-15(2,3)23-14(20)17-11-6-9-18(10-7-11)13-12(19(21)22)5-4-8-16-13;1-15(2,3)21-14(20)18-11-6-9-19(10-7-11)13-12(16)5-4-8-17-13/h4-5,8,11H,6-7,9-10H2,1-3H3,(H,17,20);4-5,8,11H,6-7,9-10,16H2,1-3H3,(H,18,20). The molecule has 14 heteroatoms. The lowest BCUT2D eigenvalue weighted by Crippen LogP contribution is -2.46. The SMILES string of the molecule is CC(C)(C)OC(=O)NC1CCN(c2ncccc2N)CC1.CC(C)(C)OC(=O)NC1CCN(c2ncccc2[N+](=O)[O-])CC1. The number of anilines is 3. The predicted molar refractivity (Wildman–Crippen MR) is 169 cm³/mol. The van der Waals surface area contributed by atoms with Crippen LogP contribution in [-0.4, -0.2) is 76.5 Å². The third-order valence-electron chi connectivity index (χ3n) is 6.81. The lowest BCUT2D eigenvalue weighted by atomic mass is 10.1. The number of hydrogen-bond donors (Lipinski definition) is 3. The van der Waals surface area contributed by atoms with Crippen molar-refractivity contribution < 1.29 is 24.0 Å². The fourth-order valence-corrected chi connectivity index (χ4v) is 4.87. The number of hydrogen-bond acceptors (Lipinski definition) is 11. The van der Waals surface area contributed by atoms with E-state index in [0.29, 0.717) is 37.4 Å². The number of amides is 2. The van der Waals surface area contributed by atoms with E-state index < -0.39 is 22.2 Å². The van der Waals surface area contributed by atoms with Gasteiger partial charge in [0.15, 0.2) is 5.82 Å². The summed E-state index contributed by atoms with van der Waals surface area (Å²) >= 11 is 0. The molecule has 4 heterocycles. The van der Waals surface area contributed by atoms with Crippen LogP contribution in [-0.2, 0) is 9.47 Å². The number of piperidine rings is 2. The number of alkyl carbamates (subject to hydrolysis) is 2. The molecule has 0 spiro atoms. The lowest BCUT2D eigenvalue weighted by Gasteiger charge is -2.34. The van der Waals surface area contributed by atoms with Crippen LogP contribution >= 0.6 is 0 Å². The molecular weight excluding hydrogens is 568 g/mol. The molecule has 0 radical (unpaired) electrons. The lowest BCUT2D eigenvalue weighted by molar-refractivity contribution is -0.384. The van der Waals surface area contributed by atoms with E-state index in [0.717, 1.165) is 31.7 Å². The second kappa shape index (κ2) is 14.9. The fourth-order valence-electron chi connectivity index (χ4n) is 4.87. The quantitative estimate of drug-likeness (QED) is 0.316.